The summed E-state index contributed by atoms with van der Waals surface area (Å²) in [6.07, 6.45) is 0. The van der Waals surface area contributed by atoms with Crippen LogP contribution in [0.2, 0.25) is 5.02 Å². The third-order valence-corrected chi connectivity index (χ3v) is 6.44. The second kappa shape index (κ2) is 11.8. The van der Waals surface area contributed by atoms with E-state index in [9.17, 15) is 4.79 Å². The fourth-order valence-corrected chi connectivity index (χ4v) is 4.61. The van der Waals surface area contributed by atoms with E-state index in [0.717, 1.165) is 27.4 Å². The molecule has 0 radical (unpaired) electrons. The van der Waals surface area contributed by atoms with Gasteiger partial charge in [-0.15, -0.1) is 24.2 Å². The number of anilines is 1. The Morgan fingerprint density at radius 3 is 2.57 bits per heavy atom. The van der Waals surface area contributed by atoms with Crippen LogP contribution in [-0.2, 0) is 4.79 Å². The van der Waals surface area contributed by atoms with Crippen molar-refractivity contribution in [1.29, 1.82) is 0 Å². The lowest BCUT2D eigenvalue weighted by atomic mass is 10.3. The Bertz CT molecular complexity index is 965. The van der Waals surface area contributed by atoms with Gasteiger partial charge in [0.05, 0.1) is 17.1 Å². The first kappa shape index (κ1) is 24.8. The minimum Gasteiger partial charge on any atom is -0.492 e. The number of hydrogen-bond donors (Lipinski definition) is 0. The largest absolute Gasteiger partial charge is 0.492 e. The zero-order chi connectivity index (χ0) is 20.8. The van der Waals surface area contributed by atoms with Crippen molar-refractivity contribution in [3.63, 3.8) is 0 Å². The maximum Gasteiger partial charge on any atom is 0.239 e. The molecule has 0 saturated heterocycles. The van der Waals surface area contributed by atoms with Gasteiger partial charge in [-0.05, 0) is 57.4 Å². The summed E-state index contributed by atoms with van der Waals surface area (Å²) in [7, 11) is 3.99. The van der Waals surface area contributed by atoms with Crippen molar-refractivity contribution < 1.29 is 9.53 Å². The number of ether oxygens (including phenoxy) is 1. The summed E-state index contributed by atoms with van der Waals surface area (Å²) in [5.74, 6) is 1.12. The molecular weight excluding hydrogens is 461 g/mol. The lowest BCUT2D eigenvalue weighted by Gasteiger charge is -2.21. The average molecular weight is 486 g/mol. The molecule has 0 spiro atoms. The predicted molar refractivity (Wildman–Crippen MR) is 131 cm³/mol. The van der Waals surface area contributed by atoms with Gasteiger partial charge < -0.3 is 9.64 Å². The van der Waals surface area contributed by atoms with Gasteiger partial charge in [0, 0.05) is 23.0 Å². The Morgan fingerprint density at radius 2 is 1.90 bits per heavy atom. The zero-order valence-corrected chi connectivity index (χ0v) is 20.3. The number of nitrogens with zero attached hydrogens (tertiary/aromatic N) is 3. The third-order valence-electron chi connectivity index (χ3n) is 4.15. The highest BCUT2D eigenvalue weighted by Gasteiger charge is 2.21. The van der Waals surface area contributed by atoms with Gasteiger partial charge in [0.25, 0.3) is 0 Å². The topological polar surface area (TPSA) is 45.7 Å². The third kappa shape index (κ3) is 6.49. The molecule has 0 atom stereocenters. The smallest absolute Gasteiger partial charge is 0.239 e. The number of aromatic nitrogens is 1. The molecule has 0 N–H and O–H groups in total. The minimum absolute atomic E-state index is 0. The number of rotatable bonds is 9. The standard InChI is InChI=1S/C21H24ClN3O2S2.ClH/c1-4-27-17-6-5-7-18-20(17)23-21(29-18)25(13-12-24(2)3)19(26)14-28-16-10-8-15(22)9-11-16;/h5-11H,4,12-14H2,1-3H3;1H. The molecule has 9 heteroatoms. The number of halogens is 2. The van der Waals surface area contributed by atoms with Gasteiger partial charge in [-0.1, -0.05) is 29.0 Å². The lowest BCUT2D eigenvalue weighted by Crippen LogP contribution is -2.37. The van der Waals surface area contributed by atoms with Gasteiger partial charge in [0.2, 0.25) is 5.91 Å². The number of thioether (sulfide) groups is 1. The Hall–Kier alpha value is -1.51. The highest BCUT2D eigenvalue weighted by molar-refractivity contribution is 8.00. The molecule has 0 unspecified atom stereocenters. The van der Waals surface area contributed by atoms with Crippen molar-refractivity contribution in [2.75, 3.05) is 44.4 Å². The molecule has 30 heavy (non-hydrogen) atoms. The van der Waals surface area contributed by atoms with E-state index >= 15 is 0 Å². The van der Waals surface area contributed by atoms with Crippen LogP contribution in [0.15, 0.2) is 47.4 Å². The highest BCUT2D eigenvalue weighted by Crippen LogP contribution is 2.34. The second-order valence-electron chi connectivity index (χ2n) is 6.62. The summed E-state index contributed by atoms with van der Waals surface area (Å²) in [6.45, 7) is 3.86. The summed E-state index contributed by atoms with van der Waals surface area (Å²) < 4.78 is 6.72. The number of amides is 1. The maximum absolute atomic E-state index is 13.1. The average Bonchev–Trinajstić information content (AvgIpc) is 3.12. The van der Waals surface area contributed by atoms with Crippen LogP contribution in [0.25, 0.3) is 10.2 Å². The molecule has 2 aromatic carbocycles. The summed E-state index contributed by atoms with van der Waals surface area (Å²) >= 11 is 8.96. The Labute approximate surface area is 196 Å². The van der Waals surface area contributed by atoms with E-state index < -0.39 is 0 Å². The molecule has 1 aromatic heterocycles. The number of benzene rings is 2. The van der Waals surface area contributed by atoms with Gasteiger partial charge in [0.1, 0.15) is 11.3 Å². The fourth-order valence-electron chi connectivity index (χ4n) is 2.68. The number of carbonyl (C=O) groups is 1. The molecule has 1 heterocycles. The van der Waals surface area contributed by atoms with Gasteiger partial charge >= 0.3 is 0 Å². The minimum atomic E-state index is 0. The lowest BCUT2D eigenvalue weighted by molar-refractivity contribution is -0.116. The molecule has 162 valence electrons. The SMILES string of the molecule is CCOc1cccc2sc(N(CCN(C)C)C(=O)CSc3ccc(Cl)cc3)nc12.Cl. The quantitative estimate of drug-likeness (QED) is 0.376. The van der Waals surface area contributed by atoms with E-state index in [4.69, 9.17) is 21.3 Å². The van der Waals surface area contributed by atoms with Crippen LogP contribution < -0.4 is 9.64 Å². The molecule has 0 fully saturated rings. The summed E-state index contributed by atoms with van der Waals surface area (Å²) in [5, 5.41) is 1.39. The van der Waals surface area contributed by atoms with Crippen LogP contribution in [0.5, 0.6) is 5.75 Å². The Morgan fingerprint density at radius 1 is 1.17 bits per heavy atom. The maximum atomic E-state index is 13.1. The van der Waals surface area contributed by atoms with Crippen molar-refractivity contribution in [3.05, 3.63) is 47.5 Å². The van der Waals surface area contributed by atoms with E-state index in [-0.39, 0.29) is 18.3 Å². The first-order chi connectivity index (χ1) is 14.0. The van der Waals surface area contributed by atoms with Crippen LogP contribution in [0.4, 0.5) is 5.13 Å². The normalized spacial score (nSPS) is 10.8. The fraction of sp³-hybridized carbons (Fsp3) is 0.333. The van der Waals surface area contributed by atoms with E-state index in [1.807, 2.05) is 63.5 Å². The molecule has 3 rings (SSSR count). The van der Waals surface area contributed by atoms with Gasteiger partial charge in [-0.25, -0.2) is 4.98 Å². The molecule has 0 bridgehead atoms. The summed E-state index contributed by atoms with van der Waals surface area (Å²) in [4.78, 5) is 22.7. The van der Waals surface area contributed by atoms with Crippen molar-refractivity contribution in [1.82, 2.24) is 9.88 Å². The molecular formula is C21H25Cl2N3O2S2. The van der Waals surface area contributed by atoms with Gasteiger partial charge in [-0.3, -0.25) is 9.69 Å². The van der Waals surface area contributed by atoms with Crippen LogP contribution >= 0.6 is 47.1 Å². The first-order valence-electron chi connectivity index (χ1n) is 9.33. The molecule has 5 nitrogen and oxygen atoms in total. The van der Waals surface area contributed by atoms with Gasteiger partial charge in [-0.2, -0.15) is 0 Å². The van der Waals surface area contributed by atoms with E-state index in [1.165, 1.54) is 23.1 Å². The number of fused-ring (bicyclic) bond motifs is 1. The predicted octanol–water partition coefficient (Wildman–Crippen LogP) is 5.46. The Balaban J connectivity index is 0.00000320. The van der Waals surface area contributed by atoms with E-state index in [0.29, 0.717) is 29.1 Å². The van der Waals surface area contributed by atoms with Gasteiger partial charge in [0.15, 0.2) is 5.13 Å². The summed E-state index contributed by atoms with van der Waals surface area (Å²) in [6, 6.07) is 13.4. The number of carbonyl (C=O) groups excluding carboxylic acids is 1. The second-order valence-corrected chi connectivity index (χ2v) is 9.12. The molecule has 1 amide bonds. The van der Waals surface area contributed by atoms with Crippen LogP contribution in [0.1, 0.15) is 6.92 Å². The highest BCUT2D eigenvalue weighted by atomic mass is 35.5. The summed E-state index contributed by atoms with van der Waals surface area (Å²) in [5.41, 5.74) is 0.808. The Kier molecular flexibility index (Phi) is 9.71. The number of thiazole rings is 1. The van der Waals surface area contributed by atoms with Crippen molar-refractivity contribution >= 4 is 68.4 Å². The van der Waals surface area contributed by atoms with Crippen LogP contribution in [0.3, 0.4) is 0 Å². The molecule has 0 aliphatic heterocycles. The zero-order valence-electron chi connectivity index (χ0n) is 17.1. The first-order valence-corrected chi connectivity index (χ1v) is 11.5. The number of likely N-dealkylation sites (N-methyl/N-ethyl adjacent to an activating group) is 1. The van der Waals surface area contributed by atoms with E-state index in [1.54, 1.807) is 4.90 Å². The molecule has 0 aliphatic rings. The number of hydrogen-bond acceptors (Lipinski definition) is 6. The molecule has 3 aromatic rings. The molecule has 0 aliphatic carbocycles. The van der Waals surface area contributed by atoms with Crippen LogP contribution in [-0.4, -0.2) is 55.3 Å². The van der Waals surface area contributed by atoms with Crippen molar-refractivity contribution in [2.45, 2.75) is 11.8 Å². The monoisotopic (exact) mass is 485 g/mol. The number of para-hydroxylation sites is 1. The molecule has 0 saturated carbocycles. The van der Waals surface area contributed by atoms with Crippen molar-refractivity contribution in [2.24, 2.45) is 0 Å². The van der Waals surface area contributed by atoms with Crippen molar-refractivity contribution in [3.8, 4) is 5.75 Å². The van der Waals surface area contributed by atoms with Crippen LogP contribution in [0, 0.1) is 0 Å². The van der Waals surface area contributed by atoms with E-state index in [2.05, 4.69) is 4.90 Å².